The molecule has 0 aliphatic heterocycles. The second kappa shape index (κ2) is 9.37. The molecule has 154 valence electrons. The number of amides is 1. The second-order valence-electron chi connectivity index (χ2n) is 7.64. The molecule has 0 aliphatic carbocycles. The first-order chi connectivity index (χ1) is 14.4. The molecule has 0 aliphatic rings. The van der Waals surface area contributed by atoms with Gasteiger partial charge in [-0.1, -0.05) is 66.6 Å². The maximum Gasteiger partial charge on any atom is 0.261 e. The van der Waals surface area contributed by atoms with E-state index in [1.807, 2.05) is 80.6 Å². The number of ether oxygens (including phenoxy) is 2. The molecule has 30 heavy (non-hydrogen) atoms. The molecule has 4 nitrogen and oxygen atoms in total. The van der Waals surface area contributed by atoms with Crippen LogP contribution in [0, 0.1) is 11.8 Å². The first-order valence-electron chi connectivity index (χ1n) is 10.0. The fourth-order valence-electron chi connectivity index (χ4n) is 3.18. The smallest absolute Gasteiger partial charge is 0.261 e. The summed E-state index contributed by atoms with van der Waals surface area (Å²) < 4.78 is 12.2. The van der Waals surface area contributed by atoms with Crippen LogP contribution in [0.4, 0.5) is 0 Å². The molecule has 1 N–H and O–H groups in total. The number of carbonyl (C=O) groups is 1. The molecule has 3 aromatic rings. The van der Waals surface area contributed by atoms with E-state index in [9.17, 15) is 4.79 Å². The Balaban J connectivity index is 1.86. The Morgan fingerprint density at radius 2 is 1.73 bits per heavy atom. The normalized spacial score (nSPS) is 11.9. The van der Waals surface area contributed by atoms with Crippen LogP contribution in [0.3, 0.4) is 0 Å². The number of carbonyl (C=O) groups excluding carboxylic acids is 1. The molecule has 0 heterocycles. The third-order valence-corrected chi connectivity index (χ3v) is 4.62. The maximum atomic E-state index is 12.7. The topological polar surface area (TPSA) is 47.6 Å². The number of fused-ring (bicyclic) bond motifs is 1. The van der Waals surface area contributed by atoms with Gasteiger partial charge in [-0.3, -0.25) is 4.79 Å². The van der Waals surface area contributed by atoms with Gasteiger partial charge >= 0.3 is 0 Å². The summed E-state index contributed by atoms with van der Waals surface area (Å²) in [5.74, 6) is 6.76. The van der Waals surface area contributed by atoms with Crippen molar-refractivity contribution in [2.24, 2.45) is 0 Å². The van der Waals surface area contributed by atoms with E-state index in [0.717, 1.165) is 16.3 Å². The SMILES string of the molecule is CC#CC(C)(C)NC(=O)C(C)Oc1c(OCc2ccccc2)ccc2ccccc12. The summed E-state index contributed by atoms with van der Waals surface area (Å²) in [6, 6.07) is 21.7. The van der Waals surface area contributed by atoms with E-state index in [4.69, 9.17) is 9.47 Å². The predicted octanol–water partition coefficient (Wildman–Crippen LogP) is 5.10. The van der Waals surface area contributed by atoms with E-state index in [-0.39, 0.29) is 5.91 Å². The zero-order valence-corrected chi connectivity index (χ0v) is 17.9. The van der Waals surface area contributed by atoms with Crippen LogP contribution in [0.1, 0.15) is 33.3 Å². The molecule has 1 atom stereocenters. The van der Waals surface area contributed by atoms with Crippen molar-refractivity contribution in [3.8, 4) is 23.3 Å². The van der Waals surface area contributed by atoms with Crippen molar-refractivity contribution in [2.45, 2.75) is 45.9 Å². The van der Waals surface area contributed by atoms with Crippen LogP contribution in [0.25, 0.3) is 10.8 Å². The Labute approximate surface area is 178 Å². The van der Waals surface area contributed by atoms with Gasteiger partial charge < -0.3 is 14.8 Å². The zero-order valence-electron chi connectivity index (χ0n) is 17.9. The summed E-state index contributed by atoms with van der Waals surface area (Å²) in [5.41, 5.74) is 0.428. The minimum absolute atomic E-state index is 0.232. The summed E-state index contributed by atoms with van der Waals surface area (Å²) in [6.07, 6.45) is -0.715. The third kappa shape index (κ3) is 5.33. The summed E-state index contributed by atoms with van der Waals surface area (Å²) >= 11 is 0. The van der Waals surface area contributed by atoms with Crippen molar-refractivity contribution in [1.82, 2.24) is 5.32 Å². The maximum absolute atomic E-state index is 12.7. The van der Waals surface area contributed by atoms with E-state index >= 15 is 0 Å². The number of hydrogen-bond donors (Lipinski definition) is 1. The highest BCUT2D eigenvalue weighted by Crippen LogP contribution is 2.37. The minimum atomic E-state index is -0.715. The van der Waals surface area contributed by atoms with Gasteiger partial charge in [0.05, 0.1) is 5.54 Å². The van der Waals surface area contributed by atoms with E-state index in [1.165, 1.54) is 0 Å². The van der Waals surface area contributed by atoms with Crippen LogP contribution in [-0.2, 0) is 11.4 Å². The number of benzene rings is 3. The monoisotopic (exact) mass is 401 g/mol. The number of nitrogens with one attached hydrogen (secondary N) is 1. The van der Waals surface area contributed by atoms with Gasteiger partial charge in [-0.15, -0.1) is 5.92 Å². The van der Waals surface area contributed by atoms with Crippen LogP contribution < -0.4 is 14.8 Å². The first kappa shape index (κ1) is 21.3. The molecule has 0 radical (unpaired) electrons. The standard InChI is InChI=1S/C26H27NO3/c1-5-17-26(3,4)27-25(28)19(2)30-24-22-14-10-9-13-21(22)15-16-23(24)29-18-20-11-7-6-8-12-20/h6-16,19H,18H2,1-4H3,(H,27,28). The van der Waals surface area contributed by atoms with Gasteiger partial charge in [0, 0.05) is 5.39 Å². The summed E-state index contributed by atoms with van der Waals surface area (Å²) in [6.45, 7) is 7.62. The molecular weight excluding hydrogens is 374 g/mol. The van der Waals surface area contributed by atoms with Crippen molar-refractivity contribution in [3.05, 3.63) is 72.3 Å². The van der Waals surface area contributed by atoms with Gasteiger partial charge in [-0.05, 0) is 44.7 Å². The molecule has 1 unspecified atom stereocenters. The van der Waals surface area contributed by atoms with Crippen molar-refractivity contribution in [1.29, 1.82) is 0 Å². The van der Waals surface area contributed by atoms with Gasteiger partial charge in [-0.25, -0.2) is 0 Å². The van der Waals surface area contributed by atoms with Gasteiger partial charge in [0.25, 0.3) is 5.91 Å². The van der Waals surface area contributed by atoms with Crippen LogP contribution in [-0.4, -0.2) is 17.6 Å². The van der Waals surface area contributed by atoms with Crippen LogP contribution in [0.2, 0.25) is 0 Å². The highest BCUT2D eigenvalue weighted by atomic mass is 16.5. The van der Waals surface area contributed by atoms with E-state index in [2.05, 4.69) is 17.2 Å². The Morgan fingerprint density at radius 3 is 2.47 bits per heavy atom. The molecule has 0 fully saturated rings. The fraction of sp³-hybridized carbons (Fsp3) is 0.269. The van der Waals surface area contributed by atoms with Crippen LogP contribution in [0.15, 0.2) is 66.7 Å². The number of rotatable bonds is 7. The van der Waals surface area contributed by atoms with Crippen molar-refractivity contribution in [2.75, 3.05) is 0 Å². The Bertz CT molecular complexity index is 1080. The first-order valence-corrected chi connectivity index (χ1v) is 10.0. The van der Waals surface area contributed by atoms with Gasteiger partial charge in [-0.2, -0.15) is 0 Å². The quantitative estimate of drug-likeness (QED) is 0.560. The molecule has 1 amide bonds. The third-order valence-electron chi connectivity index (χ3n) is 4.62. The van der Waals surface area contributed by atoms with Crippen LogP contribution >= 0.6 is 0 Å². The molecule has 0 spiro atoms. The molecule has 4 heteroatoms. The summed E-state index contributed by atoms with van der Waals surface area (Å²) in [7, 11) is 0. The van der Waals surface area contributed by atoms with E-state index in [1.54, 1.807) is 13.8 Å². The predicted molar refractivity (Wildman–Crippen MR) is 120 cm³/mol. The molecule has 3 aromatic carbocycles. The highest BCUT2D eigenvalue weighted by Gasteiger charge is 2.24. The zero-order chi connectivity index (χ0) is 21.6. The van der Waals surface area contributed by atoms with Gasteiger partial charge in [0.2, 0.25) is 0 Å². The lowest BCUT2D eigenvalue weighted by atomic mass is 10.1. The Hall–Kier alpha value is -3.45. The lowest BCUT2D eigenvalue weighted by Gasteiger charge is -2.24. The molecule has 0 aromatic heterocycles. The number of hydrogen-bond acceptors (Lipinski definition) is 3. The van der Waals surface area contributed by atoms with Gasteiger partial charge in [0.15, 0.2) is 17.6 Å². The van der Waals surface area contributed by atoms with Crippen LogP contribution in [0.5, 0.6) is 11.5 Å². The second-order valence-corrected chi connectivity index (χ2v) is 7.64. The Morgan fingerprint density at radius 1 is 1.03 bits per heavy atom. The molecule has 0 saturated carbocycles. The fourth-order valence-corrected chi connectivity index (χ4v) is 3.18. The average molecular weight is 402 g/mol. The van der Waals surface area contributed by atoms with Crippen molar-refractivity contribution < 1.29 is 14.3 Å². The summed E-state index contributed by atoms with van der Waals surface area (Å²) in [5, 5.41) is 4.84. The van der Waals surface area contributed by atoms with E-state index < -0.39 is 11.6 Å². The average Bonchev–Trinajstić information content (AvgIpc) is 2.73. The van der Waals surface area contributed by atoms with Gasteiger partial charge in [0.1, 0.15) is 6.61 Å². The minimum Gasteiger partial charge on any atom is -0.485 e. The Kier molecular flexibility index (Phi) is 6.64. The lowest BCUT2D eigenvalue weighted by molar-refractivity contribution is -0.128. The molecule has 3 rings (SSSR count). The molecule has 0 saturated heterocycles. The molecular formula is C26H27NO3. The largest absolute Gasteiger partial charge is 0.485 e. The summed E-state index contributed by atoms with van der Waals surface area (Å²) in [4.78, 5) is 12.7. The highest BCUT2D eigenvalue weighted by molar-refractivity contribution is 5.91. The van der Waals surface area contributed by atoms with Crippen molar-refractivity contribution in [3.63, 3.8) is 0 Å². The lowest BCUT2D eigenvalue weighted by Crippen LogP contribution is -2.47. The van der Waals surface area contributed by atoms with E-state index in [0.29, 0.717) is 18.1 Å². The van der Waals surface area contributed by atoms with Crippen molar-refractivity contribution >= 4 is 16.7 Å². The molecule has 0 bridgehead atoms.